The summed E-state index contributed by atoms with van der Waals surface area (Å²) < 4.78 is 5.47. The molecular weight excluding hydrogens is 442 g/mol. The molecule has 7 nitrogen and oxygen atoms in total. The molecule has 182 valence electrons. The van der Waals surface area contributed by atoms with Crippen molar-refractivity contribution in [2.45, 2.75) is 20.0 Å². The summed E-state index contributed by atoms with van der Waals surface area (Å²) in [5, 5.41) is 11.2. The van der Waals surface area contributed by atoms with E-state index in [0.717, 1.165) is 39.2 Å². The lowest BCUT2D eigenvalue weighted by Crippen LogP contribution is -2.46. The summed E-state index contributed by atoms with van der Waals surface area (Å²) in [4.78, 5) is 30.2. The SMILES string of the molecule is CN.Cc1ccc(-c2cc(C=O)c3[nH]c4ccc(C(=O)N5CCOC(CO)C5)cc4c3c2)cc1C. The third kappa shape index (κ3) is 4.71. The highest BCUT2D eigenvalue weighted by atomic mass is 16.5. The smallest absolute Gasteiger partial charge is 0.254 e. The van der Waals surface area contributed by atoms with Gasteiger partial charge in [0.15, 0.2) is 6.29 Å². The van der Waals surface area contributed by atoms with Crippen molar-refractivity contribution in [1.82, 2.24) is 9.88 Å². The first-order valence-electron chi connectivity index (χ1n) is 11.7. The number of aryl methyl sites for hydroxylation is 2. The lowest BCUT2D eigenvalue weighted by molar-refractivity contribution is -0.0447. The van der Waals surface area contributed by atoms with Gasteiger partial charge >= 0.3 is 0 Å². The third-order valence-corrected chi connectivity index (χ3v) is 6.58. The Morgan fingerprint density at radius 3 is 2.60 bits per heavy atom. The Balaban J connectivity index is 0.00000141. The molecule has 35 heavy (non-hydrogen) atoms. The number of rotatable bonds is 4. The number of amides is 1. The molecule has 1 fully saturated rings. The first-order valence-corrected chi connectivity index (χ1v) is 11.7. The molecule has 7 heteroatoms. The monoisotopic (exact) mass is 473 g/mol. The number of nitrogens with one attached hydrogen (secondary N) is 1. The van der Waals surface area contributed by atoms with Gasteiger partial charge in [0.05, 0.1) is 24.8 Å². The van der Waals surface area contributed by atoms with Crippen molar-refractivity contribution in [2.75, 3.05) is 33.4 Å². The van der Waals surface area contributed by atoms with Crippen molar-refractivity contribution in [1.29, 1.82) is 0 Å². The highest BCUT2D eigenvalue weighted by Crippen LogP contribution is 2.33. The number of aliphatic hydroxyl groups is 1. The van der Waals surface area contributed by atoms with Crippen LogP contribution in [0.1, 0.15) is 31.8 Å². The summed E-state index contributed by atoms with van der Waals surface area (Å²) in [7, 11) is 1.50. The molecule has 2 heterocycles. The van der Waals surface area contributed by atoms with Crippen LogP contribution >= 0.6 is 0 Å². The highest BCUT2D eigenvalue weighted by Gasteiger charge is 2.25. The summed E-state index contributed by atoms with van der Waals surface area (Å²) in [5.41, 5.74) is 11.7. The first kappa shape index (κ1) is 24.6. The Morgan fingerprint density at radius 2 is 1.89 bits per heavy atom. The molecule has 5 rings (SSSR count). The number of aldehydes is 1. The maximum atomic E-state index is 13.2. The van der Waals surface area contributed by atoms with Gasteiger partial charge in [0, 0.05) is 40.5 Å². The second-order valence-corrected chi connectivity index (χ2v) is 8.72. The number of carbonyl (C=O) groups excluding carboxylic acids is 2. The van der Waals surface area contributed by atoms with E-state index in [1.807, 2.05) is 18.2 Å². The van der Waals surface area contributed by atoms with Gasteiger partial charge in [-0.15, -0.1) is 0 Å². The molecule has 1 atom stereocenters. The van der Waals surface area contributed by atoms with Gasteiger partial charge in [-0.2, -0.15) is 0 Å². The molecule has 1 aromatic heterocycles. The molecular formula is C28H31N3O4. The molecule has 1 saturated heterocycles. The van der Waals surface area contributed by atoms with Gasteiger partial charge in [0.2, 0.25) is 0 Å². The van der Waals surface area contributed by atoms with Crippen LogP contribution in [0, 0.1) is 13.8 Å². The molecule has 1 aliphatic heterocycles. The zero-order valence-corrected chi connectivity index (χ0v) is 20.3. The van der Waals surface area contributed by atoms with Gasteiger partial charge in [0.1, 0.15) is 0 Å². The number of nitrogens with two attached hydrogens (primary N) is 1. The number of morpholine rings is 1. The summed E-state index contributed by atoms with van der Waals surface area (Å²) >= 11 is 0. The second-order valence-electron chi connectivity index (χ2n) is 8.72. The lowest BCUT2D eigenvalue weighted by Gasteiger charge is -2.32. The van der Waals surface area contributed by atoms with Crippen molar-refractivity contribution >= 4 is 34.0 Å². The van der Waals surface area contributed by atoms with Crippen LogP contribution in [0.2, 0.25) is 0 Å². The molecule has 0 aliphatic carbocycles. The molecule has 3 aromatic carbocycles. The van der Waals surface area contributed by atoms with Crippen LogP contribution in [0.25, 0.3) is 32.9 Å². The fourth-order valence-corrected chi connectivity index (χ4v) is 4.54. The van der Waals surface area contributed by atoms with E-state index >= 15 is 0 Å². The molecule has 4 N–H and O–H groups in total. The third-order valence-electron chi connectivity index (χ3n) is 6.58. The molecule has 1 aliphatic rings. The minimum Gasteiger partial charge on any atom is -0.394 e. The molecule has 1 unspecified atom stereocenters. The Kier molecular flexibility index (Phi) is 7.31. The van der Waals surface area contributed by atoms with Crippen LogP contribution in [0.4, 0.5) is 0 Å². The molecule has 0 saturated carbocycles. The number of hydrogen-bond donors (Lipinski definition) is 3. The summed E-state index contributed by atoms with van der Waals surface area (Å²) in [5.74, 6) is -0.0890. The first-order chi connectivity index (χ1) is 17.0. The predicted octanol–water partition coefficient (Wildman–Crippen LogP) is 3.83. The van der Waals surface area contributed by atoms with E-state index in [1.165, 1.54) is 18.2 Å². The number of ether oxygens (including phenoxy) is 1. The Bertz CT molecular complexity index is 1390. The van der Waals surface area contributed by atoms with E-state index in [0.29, 0.717) is 30.8 Å². The van der Waals surface area contributed by atoms with Crippen molar-refractivity contribution in [3.63, 3.8) is 0 Å². The van der Waals surface area contributed by atoms with Crippen molar-refractivity contribution in [2.24, 2.45) is 5.73 Å². The number of aliphatic hydroxyl groups excluding tert-OH is 1. The summed E-state index contributed by atoms with van der Waals surface area (Å²) in [6.45, 7) is 5.32. The maximum Gasteiger partial charge on any atom is 0.254 e. The Morgan fingerprint density at radius 1 is 1.09 bits per heavy atom. The predicted molar refractivity (Wildman–Crippen MR) is 139 cm³/mol. The van der Waals surface area contributed by atoms with Gasteiger partial charge < -0.3 is 25.5 Å². The number of nitrogens with zero attached hydrogens (tertiary/aromatic N) is 1. The van der Waals surface area contributed by atoms with Gasteiger partial charge in [-0.3, -0.25) is 9.59 Å². The highest BCUT2D eigenvalue weighted by molar-refractivity contribution is 6.14. The Labute approximate surface area is 204 Å². The number of hydrogen-bond acceptors (Lipinski definition) is 5. The van der Waals surface area contributed by atoms with Crippen LogP contribution in [0.15, 0.2) is 48.5 Å². The van der Waals surface area contributed by atoms with Crippen LogP contribution < -0.4 is 5.73 Å². The van der Waals surface area contributed by atoms with Crippen molar-refractivity contribution < 1.29 is 19.4 Å². The van der Waals surface area contributed by atoms with Crippen LogP contribution in [-0.4, -0.2) is 66.6 Å². The average molecular weight is 474 g/mol. The quantitative estimate of drug-likeness (QED) is 0.391. The topological polar surface area (TPSA) is 109 Å². The second kappa shape index (κ2) is 10.4. The van der Waals surface area contributed by atoms with E-state index in [2.05, 4.69) is 48.8 Å². The Hall–Kier alpha value is -3.52. The molecule has 0 radical (unpaired) electrons. The number of H-pyrrole nitrogens is 1. The average Bonchev–Trinajstić information content (AvgIpc) is 3.28. The van der Waals surface area contributed by atoms with Crippen molar-refractivity contribution in [3.05, 3.63) is 70.8 Å². The number of carbonyl (C=O) groups is 2. The fourth-order valence-electron chi connectivity index (χ4n) is 4.54. The normalized spacial score (nSPS) is 15.7. The minimum atomic E-state index is -0.352. The molecule has 1 amide bonds. The molecule has 0 bridgehead atoms. The fraction of sp³-hybridized carbons (Fsp3) is 0.286. The minimum absolute atomic E-state index is 0.0890. The van der Waals surface area contributed by atoms with Gasteiger partial charge in [-0.05, 0) is 73.5 Å². The van der Waals surface area contributed by atoms with E-state index in [4.69, 9.17) is 4.74 Å². The van der Waals surface area contributed by atoms with Gasteiger partial charge in [0.25, 0.3) is 5.91 Å². The largest absolute Gasteiger partial charge is 0.394 e. The van der Waals surface area contributed by atoms with E-state index < -0.39 is 0 Å². The number of fused-ring (bicyclic) bond motifs is 3. The molecule has 0 spiro atoms. The van der Waals surface area contributed by atoms with Crippen molar-refractivity contribution in [3.8, 4) is 11.1 Å². The summed E-state index contributed by atoms with van der Waals surface area (Å²) in [6, 6.07) is 15.8. The van der Waals surface area contributed by atoms with Gasteiger partial charge in [-0.25, -0.2) is 0 Å². The standard InChI is InChI=1S/C27H26N2O4.CH5N/c1-16-3-4-18(9-17(16)2)20-10-21(14-30)26-24(12-20)23-11-19(5-6-25(23)28-26)27(32)29-7-8-33-22(13-29)15-31;1-2/h3-6,9-12,14,22,28,31H,7-8,13,15H2,1-2H3;2H2,1H3. The van der Waals surface area contributed by atoms with Gasteiger partial charge in [-0.1, -0.05) is 18.2 Å². The number of aromatic amines is 1. The zero-order valence-electron chi connectivity index (χ0n) is 20.3. The molecule has 4 aromatic rings. The maximum absolute atomic E-state index is 13.2. The number of aromatic nitrogens is 1. The van der Waals surface area contributed by atoms with E-state index in [1.54, 1.807) is 11.0 Å². The number of benzene rings is 3. The van der Waals surface area contributed by atoms with Crippen LogP contribution in [-0.2, 0) is 4.74 Å². The lowest BCUT2D eigenvalue weighted by atomic mass is 9.96. The van der Waals surface area contributed by atoms with E-state index in [9.17, 15) is 14.7 Å². The van der Waals surface area contributed by atoms with Crippen LogP contribution in [0.3, 0.4) is 0 Å². The van der Waals surface area contributed by atoms with Crippen LogP contribution in [0.5, 0.6) is 0 Å². The summed E-state index contributed by atoms with van der Waals surface area (Å²) in [6.07, 6.45) is 0.520. The van der Waals surface area contributed by atoms with E-state index in [-0.39, 0.29) is 18.6 Å². The zero-order chi connectivity index (χ0) is 25.1.